The van der Waals surface area contributed by atoms with E-state index in [0.29, 0.717) is 19.3 Å². The lowest BCUT2D eigenvalue weighted by molar-refractivity contribution is -0.167. The highest BCUT2D eigenvalue weighted by Crippen LogP contribution is 2.18. The molecule has 67 heavy (non-hydrogen) atoms. The van der Waals surface area contributed by atoms with Crippen molar-refractivity contribution < 1.29 is 28.6 Å². The van der Waals surface area contributed by atoms with E-state index in [1.165, 1.54) is 193 Å². The van der Waals surface area contributed by atoms with Gasteiger partial charge in [0.25, 0.3) is 0 Å². The van der Waals surface area contributed by atoms with E-state index in [4.69, 9.17) is 14.2 Å². The van der Waals surface area contributed by atoms with Gasteiger partial charge in [0.05, 0.1) is 0 Å². The molecule has 0 fully saturated rings. The van der Waals surface area contributed by atoms with E-state index in [9.17, 15) is 14.4 Å². The Hall–Kier alpha value is -2.11. The molecular weight excluding hydrogens is 829 g/mol. The number of ether oxygens (including phenoxy) is 3. The van der Waals surface area contributed by atoms with Crippen LogP contribution in [0, 0.1) is 0 Å². The second-order valence-corrected chi connectivity index (χ2v) is 20.3. The van der Waals surface area contributed by atoms with Crippen molar-refractivity contribution in [2.45, 2.75) is 335 Å². The Kier molecular flexibility index (Phi) is 54.7. The van der Waals surface area contributed by atoms with Crippen LogP contribution >= 0.6 is 0 Å². The predicted octanol–water partition coefficient (Wildman–Crippen LogP) is 19.9. The summed E-state index contributed by atoms with van der Waals surface area (Å²) in [6.45, 7) is 6.52. The molecule has 394 valence electrons. The van der Waals surface area contributed by atoms with E-state index < -0.39 is 6.10 Å². The van der Waals surface area contributed by atoms with Crippen molar-refractivity contribution in [3.63, 3.8) is 0 Å². The van der Waals surface area contributed by atoms with E-state index in [2.05, 4.69) is 45.1 Å². The predicted molar refractivity (Wildman–Crippen MR) is 289 cm³/mol. The van der Waals surface area contributed by atoms with Crippen LogP contribution in [-0.2, 0) is 28.6 Å². The smallest absolute Gasteiger partial charge is 0.306 e. The molecule has 0 aliphatic heterocycles. The molecule has 6 nitrogen and oxygen atoms in total. The van der Waals surface area contributed by atoms with Crippen LogP contribution in [0.3, 0.4) is 0 Å². The first-order valence-electron chi connectivity index (χ1n) is 29.8. The first kappa shape index (κ1) is 64.9. The monoisotopic (exact) mass is 943 g/mol. The Balaban J connectivity index is 3.87. The zero-order valence-corrected chi connectivity index (χ0v) is 45.2. The van der Waals surface area contributed by atoms with Gasteiger partial charge in [-0.2, -0.15) is 0 Å². The van der Waals surface area contributed by atoms with Crippen molar-refractivity contribution in [1.29, 1.82) is 0 Å². The van der Waals surface area contributed by atoms with Crippen molar-refractivity contribution in [2.24, 2.45) is 0 Å². The largest absolute Gasteiger partial charge is 0.462 e. The molecule has 0 radical (unpaired) electrons. The van der Waals surface area contributed by atoms with Gasteiger partial charge in [-0.3, -0.25) is 14.4 Å². The third kappa shape index (κ3) is 54.7. The Labute approximate surface area is 417 Å². The van der Waals surface area contributed by atoms with Gasteiger partial charge in [-0.25, -0.2) is 0 Å². The lowest BCUT2D eigenvalue weighted by atomic mass is 10.0. The van der Waals surface area contributed by atoms with Crippen LogP contribution in [0.25, 0.3) is 0 Å². The van der Waals surface area contributed by atoms with Crippen LogP contribution in [0.1, 0.15) is 329 Å². The molecule has 1 unspecified atom stereocenters. The van der Waals surface area contributed by atoms with Gasteiger partial charge in [0, 0.05) is 19.3 Å². The highest BCUT2D eigenvalue weighted by Gasteiger charge is 2.19. The first-order valence-corrected chi connectivity index (χ1v) is 29.8. The third-order valence-electron chi connectivity index (χ3n) is 13.4. The van der Waals surface area contributed by atoms with Crippen molar-refractivity contribution in [1.82, 2.24) is 0 Å². The molecule has 0 N–H and O–H groups in total. The summed E-state index contributed by atoms with van der Waals surface area (Å²) in [6.07, 6.45) is 66.8. The molecule has 0 aromatic carbocycles. The Morgan fingerprint density at radius 1 is 0.299 bits per heavy atom. The average molecular weight is 944 g/mol. The topological polar surface area (TPSA) is 78.9 Å². The fourth-order valence-electron chi connectivity index (χ4n) is 8.95. The number of unbranched alkanes of at least 4 members (excludes halogenated alkanes) is 40. The van der Waals surface area contributed by atoms with Crippen molar-refractivity contribution >= 4 is 17.9 Å². The van der Waals surface area contributed by atoms with E-state index in [1.807, 2.05) is 0 Å². The molecule has 0 amide bonds. The molecule has 0 aliphatic carbocycles. The zero-order chi connectivity index (χ0) is 48.6. The fourth-order valence-corrected chi connectivity index (χ4v) is 8.95. The lowest BCUT2D eigenvalue weighted by Crippen LogP contribution is -2.30. The Morgan fingerprint density at radius 3 is 0.881 bits per heavy atom. The van der Waals surface area contributed by atoms with Gasteiger partial charge >= 0.3 is 17.9 Å². The first-order chi connectivity index (χ1) is 33.0. The number of rotatable bonds is 55. The Bertz CT molecular complexity index is 1080. The van der Waals surface area contributed by atoms with Crippen molar-refractivity contribution in [2.75, 3.05) is 13.2 Å². The van der Waals surface area contributed by atoms with Crippen LogP contribution in [-0.4, -0.2) is 37.2 Å². The van der Waals surface area contributed by atoms with Crippen LogP contribution in [0.5, 0.6) is 0 Å². The minimum Gasteiger partial charge on any atom is -0.462 e. The molecule has 0 aromatic rings. The summed E-state index contributed by atoms with van der Waals surface area (Å²) in [6, 6.07) is 0. The quantitative estimate of drug-likeness (QED) is 0.0262. The summed E-state index contributed by atoms with van der Waals surface area (Å²) < 4.78 is 16.7. The Morgan fingerprint density at radius 2 is 0.567 bits per heavy atom. The molecule has 0 aromatic heterocycles. The summed E-state index contributed by atoms with van der Waals surface area (Å²) in [7, 11) is 0. The molecule has 6 heteroatoms. The number of hydrogen-bond acceptors (Lipinski definition) is 6. The van der Waals surface area contributed by atoms with Gasteiger partial charge in [-0.15, -0.1) is 0 Å². The number of hydrogen-bond donors (Lipinski definition) is 0. The van der Waals surface area contributed by atoms with Crippen LogP contribution in [0.4, 0.5) is 0 Å². The molecule has 0 heterocycles. The molecule has 0 rings (SSSR count). The van der Waals surface area contributed by atoms with Crippen LogP contribution in [0.2, 0.25) is 0 Å². The fraction of sp³-hybridized carbons (Fsp3) is 0.885. The van der Waals surface area contributed by atoms with Crippen molar-refractivity contribution in [3.05, 3.63) is 24.3 Å². The molecule has 0 saturated heterocycles. The van der Waals surface area contributed by atoms with Gasteiger partial charge in [-0.1, -0.05) is 289 Å². The average Bonchev–Trinajstić information content (AvgIpc) is 3.33. The molecule has 0 bridgehead atoms. The zero-order valence-electron chi connectivity index (χ0n) is 45.2. The molecule has 1 atom stereocenters. The summed E-state index contributed by atoms with van der Waals surface area (Å²) in [5, 5.41) is 0. The lowest BCUT2D eigenvalue weighted by Gasteiger charge is -2.18. The summed E-state index contributed by atoms with van der Waals surface area (Å²) in [5.41, 5.74) is 0. The molecular formula is C61H114O6. The maximum Gasteiger partial charge on any atom is 0.306 e. The SMILES string of the molecule is CCC/C=C\C/C=C\CCCCCCCC(=O)OC(COC(=O)CCCCCCC)COC(=O)CCCCCCCCCCCCCCCCCCCCCCCCCCCCCCCCC. The van der Waals surface area contributed by atoms with Crippen LogP contribution < -0.4 is 0 Å². The van der Waals surface area contributed by atoms with Gasteiger partial charge < -0.3 is 14.2 Å². The second kappa shape index (κ2) is 56.5. The maximum atomic E-state index is 12.7. The number of carbonyl (C=O) groups excluding carboxylic acids is 3. The van der Waals surface area contributed by atoms with E-state index >= 15 is 0 Å². The van der Waals surface area contributed by atoms with Crippen molar-refractivity contribution in [3.8, 4) is 0 Å². The number of carbonyl (C=O) groups is 3. The highest BCUT2D eigenvalue weighted by molar-refractivity contribution is 5.71. The minimum absolute atomic E-state index is 0.0735. The summed E-state index contributed by atoms with van der Waals surface area (Å²) >= 11 is 0. The normalized spacial score (nSPS) is 12.1. The molecule has 0 saturated carbocycles. The highest BCUT2D eigenvalue weighted by atomic mass is 16.6. The van der Waals surface area contributed by atoms with Gasteiger partial charge in [0.2, 0.25) is 0 Å². The van der Waals surface area contributed by atoms with Gasteiger partial charge in [0.1, 0.15) is 13.2 Å². The molecule has 0 aliphatic rings. The van der Waals surface area contributed by atoms with Crippen LogP contribution in [0.15, 0.2) is 24.3 Å². The van der Waals surface area contributed by atoms with E-state index in [-0.39, 0.29) is 31.1 Å². The summed E-state index contributed by atoms with van der Waals surface area (Å²) in [4.78, 5) is 37.7. The minimum atomic E-state index is -0.771. The van der Waals surface area contributed by atoms with Gasteiger partial charge in [-0.05, 0) is 44.9 Å². The number of esters is 3. The van der Waals surface area contributed by atoms with Gasteiger partial charge in [0.15, 0.2) is 6.10 Å². The maximum absolute atomic E-state index is 12.7. The third-order valence-corrected chi connectivity index (χ3v) is 13.4. The molecule has 0 spiro atoms. The van der Waals surface area contributed by atoms with E-state index in [0.717, 1.165) is 96.3 Å². The second-order valence-electron chi connectivity index (χ2n) is 20.3. The van der Waals surface area contributed by atoms with E-state index in [1.54, 1.807) is 0 Å². The number of allylic oxidation sites excluding steroid dienone is 4. The summed E-state index contributed by atoms with van der Waals surface area (Å²) in [5.74, 6) is -0.888. The standard InChI is InChI=1S/C61H114O6/c1-4-7-10-13-15-17-19-21-22-23-24-25-26-27-28-29-30-31-32-33-34-35-36-37-38-40-41-43-45-48-51-54-60(63)66-57-58(56-65-59(62)53-50-47-12-9-6-3)67-61(64)55-52-49-46-44-42-39-20-18-16-14-11-8-5-2/h11,14,18,20,58H,4-10,12-13,15-17,19,21-57H2,1-3H3/b14-11-,20-18-.